The smallest absolute Gasteiger partial charge is 0.126 e. The summed E-state index contributed by atoms with van der Waals surface area (Å²) in [5.74, 6) is 2.01. The van der Waals surface area contributed by atoms with E-state index in [1.807, 2.05) is 6.20 Å². The lowest BCUT2D eigenvalue weighted by Gasteiger charge is -2.29. The van der Waals surface area contributed by atoms with Crippen LogP contribution in [-0.2, 0) is 5.41 Å². The number of anilines is 1. The van der Waals surface area contributed by atoms with Crippen LogP contribution in [0.3, 0.4) is 0 Å². The maximum absolute atomic E-state index is 4.58. The second kappa shape index (κ2) is 6.60. The highest BCUT2D eigenvalue weighted by atomic mass is 15.0. The lowest BCUT2D eigenvalue weighted by Crippen LogP contribution is -2.26. The van der Waals surface area contributed by atoms with Gasteiger partial charge in [-0.15, -0.1) is 0 Å². The summed E-state index contributed by atoms with van der Waals surface area (Å²) in [5.41, 5.74) is 1.48. The van der Waals surface area contributed by atoms with Gasteiger partial charge in [0.1, 0.15) is 5.82 Å². The van der Waals surface area contributed by atoms with E-state index in [4.69, 9.17) is 0 Å². The zero-order chi connectivity index (χ0) is 14.6. The van der Waals surface area contributed by atoms with Crippen LogP contribution in [0.2, 0.25) is 0 Å². The molecule has 1 fully saturated rings. The zero-order valence-electron chi connectivity index (χ0n) is 13.6. The molecule has 1 heterocycles. The van der Waals surface area contributed by atoms with Crippen molar-refractivity contribution >= 4 is 5.82 Å². The van der Waals surface area contributed by atoms with Gasteiger partial charge in [-0.25, -0.2) is 4.98 Å². The molecule has 0 bridgehead atoms. The molecule has 0 spiro atoms. The minimum absolute atomic E-state index is 0.184. The third-order valence-electron chi connectivity index (χ3n) is 4.53. The number of aromatic nitrogens is 1. The van der Waals surface area contributed by atoms with Crippen molar-refractivity contribution in [3.8, 4) is 0 Å². The summed E-state index contributed by atoms with van der Waals surface area (Å²) < 4.78 is 0. The van der Waals surface area contributed by atoms with Gasteiger partial charge in [0.15, 0.2) is 0 Å². The Morgan fingerprint density at radius 3 is 2.35 bits per heavy atom. The average Bonchev–Trinajstić information content (AvgIpc) is 2.41. The van der Waals surface area contributed by atoms with Crippen LogP contribution in [0.5, 0.6) is 0 Å². The van der Waals surface area contributed by atoms with Gasteiger partial charge in [0, 0.05) is 12.2 Å². The summed E-state index contributed by atoms with van der Waals surface area (Å²) in [7, 11) is 0. The molecule has 1 aliphatic rings. The predicted octanol–water partition coefficient (Wildman–Crippen LogP) is 5.15. The van der Waals surface area contributed by atoms with Crippen LogP contribution in [0, 0.1) is 5.92 Å². The molecule has 0 unspecified atom stereocenters. The Kier molecular flexibility index (Phi) is 5.06. The van der Waals surface area contributed by atoms with Crippen molar-refractivity contribution in [3.05, 3.63) is 23.9 Å². The van der Waals surface area contributed by atoms with Gasteiger partial charge >= 0.3 is 0 Å². The maximum Gasteiger partial charge on any atom is 0.126 e. The van der Waals surface area contributed by atoms with Crippen molar-refractivity contribution in [1.29, 1.82) is 0 Å². The highest BCUT2D eigenvalue weighted by Crippen LogP contribution is 2.29. The maximum atomic E-state index is 4.58. The quantitative estimate of drug-likeness (QED) is 0.821. The molecule has 1 saturated carbocycles. The van der Waals surface area contributed by atoms with Gasteiger partial charge in [-0.05, 0) is 48.6 Å². The molecular weight excluding hydrogens is 244 g/mol. The molecule has 1 aromatic rings. The average molecular weight is 274 g/mol. The Labute approximate surface area is 124 Å². The third-order valence-corrected chi connectivity index (χ3v) is 4.53. The fourth-order valence-corrected chi connectivity index (χ4v) is 3.14. The monoisotopic (exact) mass is 274 g/mol. The molecule has 20 heavy (non-hydrogen) atoms. The van der Waals surface area contributed by atoms with Gasteiger partial charge in [0.25, 0.3) is 0 Å². The molecule has 2 heteroatoms. The Morgan fingerprint density at radius 2 is 1.85 bits per heavy atom. The molecule has 1 N–H and O–H groups in total. The minimum atomic E-state index is 0.184. The summed E-state index contributed by atoms with van der Waals surface area (Å²) in [6.45, 7) is 8.98. The van der Waals surface area contributed by atoms with E-state index in [1.54, 1.807) is 0 Å². The molecule has 0 aliphatic heterocycles. The predicted molar refractivity (Wildman–Crippen MR) is 87.2 cm³/mol. The Hall–Kier alpha value is -1.05. The molecular formula is C18H30N2. The van der Waals surface area contributed by atoms with E-state index < -0.39 is 0 Å². The van der Waals surface area contributed by atoms with Crippen LogP contribution in [-0.4, -0.2) is 11.0 Å². The molecule has 0 amide bonds. The summed E-state index contributed by atoms with van der Waals surface area (Å²) in [6.07, 6.45) is 10.1. The molecule has 2 nitrogen and oxygen atoms in total. The molecule has 112 valence electrons. The molecule has 0 aromatic carbocycles. The molecule has 0 saturated heterocycles. The van der Waals surface area contributed by atoms with Crippen LogP contribution < -0.4 is 5.32 Å². The lowest BCUT2D eigenvalue weighted by molar-refractivity contribution is 0.318. The number of hydrogen-bond donors (Lipinski definition) is 1. The minimum Gasteiger partial charge on any atom is -0.367 e. The van der Waals surface area contributed by atoms with Crippen molar-refractivity contribution in [1.82, 2.24) is 4.98 Å². The van der Waals surface area contributed by atoms with E-state index >= 15 is 0 Å². The van der Waals surface area contributed by atoms with Crippen LogP contribution >= 0.6 is 0 Å². The first-order valence-corrected chi connectivity index (χ1v) is 8.22. The summed E-state index contributed by atoms with van der Waals surface area (Å²) in [4.78, 5) is 4.58. The summed E-state index contributed by atoms with van der Waals surface area (Å²) in [5, 5.41) is 3.61. The van der Waals surface area contributed by atoms with Gasteiger partial charge in [-0.2, -0.15) is 0 Å². The standard InChI is InChI=1S/C18H30N2/c1-5-6-14-7-10-16(11-8-14)20-17-12-9-15(13-19-17)18(2,3)4/h9,12-14,16H,5-8,10-11H2,1-4H3,(H,19,20). The lowest BCUT2D eigenvalue weighted by atomic mass is 9.83. The number of hydrogen-bond acceptors (Lipinski definition) is 2. The van der Waals surface area contributed by atoms with Crippen LogP contribution in [0.25, 0.3) is 0 Å². The van der Waals surface area contributed by atoms with Gasteiger partial charge < -0.3 is 5.32 Å². The van der Waals surface area contributed by atoms with Crippen molar-refractivity contribution in [2.24, 2.45) is 5.92 Å². The SMILES string of the molecule is CCCC1CCC(Nc2ccc(C(C)(C)C)cn2)CC1. The van der Waals surface area contributed by atoms with Crippen LogP contribution in [0.4, 0.5) is 5.82 Å². The molecule has 0 radical (unpaired) electrons. The van der Waals surface area contributed by atoms with E-state index in [2.05, 4.69) is 50.1 Å². The Bertz CT molecular complexity index is 394. The number of nitrogens with zero attached hydrogens (tertiary/aromatic N) is 1. The molecule has 0 atom stereocenters. The van der Waals surface area contributed by atoms with Crippen LogP contribution in [0.15, 0.2) is 18.3 Å². The van der Waals surface area contributed by atoms with Gasteiger partial charge in [-0.3, -0.25) is 0 Å². The second-order valence-electron chi connectivity index (χ2n) is 7.33. The zero-order valence-corrected chi connectivity index (χ0v) is 13.6. The second-order valence-corrected chi connectivity index (χ2v) is 7.33. The van der Waals surface area contributed by atoms with Crippen molar-refractivity contribution in [3.63, 3.8) is 0 Å². The van der Waals surface area contributed by atoms with E-state index in [-0.39, 0.29) is 5.41 Å². The Balaban J connectivity index is 1.85. The summed E-state index contributed by atoms with van der Waals surface area (Å²) >= 11 is 0. The molecule has 1 aliphatic carbocycles. The first-order valence-electron chi connectivity index (χ1n) is 8.22. The first kappa shape index (κ1) is 15.3. The third kappa shape index (κ3) is 4.22. The van der Waals surface area contributed by atoms with E-state index in [0.717, 1.165) is 11.7 Å². The molecule has 2 rings (SSSR count). The largest absolute Gasteiger partial charge is 0.367 e. The van der Waals surface area contributed by atoms with Gasteiger partial charge in [0.2, 0.25) is 0 Å². The number of rotatable bonds is 4. The number of pyridine rings is 1. The summed E-state index contributed by atoms with van der Waals surface area (Å²) in [6, 6.07) is 4.97. The Morgan fingerprint density at radius 1 is 1.15 bits per heavy atom. The van der Waals surface area contributed by atoms with Crippen molar-refractivity contribution in [2.45, 2.75) is 77.7 Å². The van der Waals surface area contributed by atoms with E-state index in [0.29, 0.717) is 6.04 Å². The fraction of sp³-hybridized carbons (Fsp3) is 0.722. The normalized spacial score (nSPS) is 23.6. The topological polar surface area (TPSA) is 24.9 Å². The number of nitrogens with one attached hydrogen (secondary N) is 1. The van der Waals surface area contributed by atoms with E-state index in [9.17, 15) is 0 Å². The highest BCUT2D eigenvalue weighted by molar-refractivity contribution is 5.38. The van der Waals surface area contributed by atoms with Crippen LogP contribution in [0.1, 0.15) is 71.8 Å². The van der Waals surface area contributed by atoms with Gasteiger partial charge in [0.05, 0.1) is 0 Å². The van der Waals surface area contributed by atoms with Crippen molar-refractivity contribution < 1.29 is 0 Å². The first-order chi connectivity index (χ1) is 9.49. The van der Waals surface area contributed by atoms with E-state index in [1.165, 1.54) is 44.1 Å². The molecule has 1 aromatic heterocycles. The van der Waals surface area contributed by atoms with Gasteiger partial charge in [-0.1, -0.05) is 46.6 Å². The highest BCUT2D eigenvalue weighted by Gasteiger charge is 2.21. The van der Waals surface area contributed by atoms with Crippen molar-refractivity contribution in [2.75, 3.05) is 5.32 Å². The fourth-order valence-electron chi connectivity index (χ4n) is 3.14.